The molecular weight excluding hydrogens is 212 g/mol. The van der Waals surface area contributed by atoms with Crippen LogP contribution >= 0.6 is 0 Å². The largest absolute Gasteiger partial charge is 0.384 e. The van der Waals surface area contributed by atoms with Crippen LogP contribution < -0.4 is 0 Å². The van der Waals surface area contributed by atoms with Gasteiger partial charge in [0.1, 0.15) is 0 Å². The van der Waals surface area contributed by atoms with Crippen molar-refractivity contribution in [2.24, 2.45) is 5.92 Å². The van der Waals surface area contributed by atoms with E-state index >= 15 is 0 Å². The van der Waals surface area contributed by atoms with Gasteiger partial charge in [0.25, 0.3) is 0 Å². The molecular formula is C15H26O2. The van der Waals surface area contributed by atoms with Crippen molar-refractivity contribution in [2.45, 2.75) is 27.7 Å². The fraction of sp³-hybridized carbons (Fsp3) is 0.600. The molecule has 0 heterocycles. The Kier molecular flexibility index (Phi) is 8.73. The lowest BCUT2D eigenvalue weighted by atomic mass is 10.1. The molecule has 0 bridgehead atoms. The van der Waals surface area contributed by atoms with Crippen molar-refractivity contribution in [1.29, 1.82) is 0 Å². The van der Waals surface area contributed by atoms with Crippen molar-refractivity contribution in [3.05, 3.63) is 34.9 Å². The van der Waals surface area contributed by atoms with Crippen molar-refractivity contribution < 1.29 is 9.47 Å². The van der Waals surface area contributed by atoms with Crippen LogP contribution in [0.1, 0.15) is 23.6 Å². The summed E-state index contributed by atoms with van der Waals surface area (Å²) in [5.41, 5.74) is 4.18. The summed E-state index contributed by atoms with van der Waals surface area (Å²) in [6.07, 6.45) is 0. The minimum Gasteiger partial charge on any atom is -0.384 e. The summed E-state index contributed by atoms with van der Waals surface area (Å²) in [6.45, 7) is 10.1. The van der Waals surface area contributed by atoms with Gasteiger partial charge in [0.15, 0.2) is 0 Å². The monoisotopic (exact) mass is 238 g/mol. The lowest BCUT2D eigenvalue weighted by Gasteiger charge is -2.06. The number of methoxy groups -OCH3 is 2. The molecule has 0 saturated carbocycles. The Morgan fingerprint density at radius 3 is 1.65 bits per heavy atom. The van der Waals surface area contributed by atoms with E-state index in [1.54, 1.807) is 14.2 Å². The maximum atomic E-state index is 4.88. The molecule has 2 heteroatoms. The van der Waals surface area contributed by atoms with Gasteiger partial charge in [0, 0.05) is 20.1 Å². The van der Waals surface area contributed by atoms with Gasteiger partial charge < -0.3 is 9.47 Å². The zero-order chi connectivity index (χ0) is 13.3. The molecule has 0 radical (unpaired) electrons. The average Bonchev–Trinajstić information content (AvgIpc) is 2.27. The van der Waals surface area contributed by atoms with Crippen molar-refractivity contribution in [3.63, 3.8) is 0 Å². The molecule has 0 aliphatic rings. The highest BCUT2D eigenvalue weighted by Gasteiger charge is 1.97. The van der Waals surface area contributed by atoms with E-state index in [0.717, 1.165) is 13.2 Å². The summed E-state index contributed by atoms with van der Waals surface area (Å²) >= 11 is 0. The molecule has 0 aliphatic heterocycles. The molecule has 1 aromatic carbocycles. The standard InChI is InChI=1S/C9H12.C6H14O2/c1-7-5-4-6-8(2)9(7)3;1-6(4-7-2)5-8-3/h4-6H,1-3H3;6H,4-5H2,1-3H3. The summed E-state index contributed by atoms with van der Waals surface area (Å²) in [5.74, 6) is 0.519. The lowest BCUT2D eigenvalue weighted by molar-refractivity contribution is 0.0933. The van der Waals surface area contributed by atoms with Gasteiger partial charge in [0.05, 0.1) is 13.2 Å². The maximum Gasteiger partial charge on any atom is 0.0509 e. The molecule has 0 N–H and O–H groups in total. The van der Waals surface area contributed by atoms with E-state index in [2.05, 4.69) is 45.9 Å². The highest BCUT2D eigenvalue weighted by Crippen LogP contribution is 2.09. The number of hydrogen-bond donors (Lipinski definition) is 0. The van der Waals surface area contributed by atoms with Gasteiger partial charge in [-0.3, -0.25) is 0 Å². The van der Waals surface area contributed by atoms with Crippen LogP contribution in [0.4, 0.5) is 0 Å². The van der Waals surface area contributed by atoms with Gasteiger partial charge in [-0.15, -0.1) is 0 Å². The molecule has 1 rings (SSSR count). The van der Waals surface area contributed by atoms with Crippen LogP contribution in [-0.4, -0.2) is 27.4 Å². The summed E-state index contributed by atoms with van der Waals surface area (Å²) in [5, 5.41) is 0. The Morgan fingerprint density at radius 1 is 0.941 bits per heavy atom. The number of aryl methyl sites for hydroxylation is 2. The second-order valence-corrected chi connectivity index (χ2v) is 4.53. The molecule has 0 unspecified atom stereocenters. The predicted octanol–water partition coefficient (Wildman–Crippen LogP) is 3.53. The van der Waals surface area contributed by atoms with E-state index < -0.39 is 0 Å². The minimum atomic E-state index is 0.519. The molecule has 98 valence electrons. The van der Waals surface area contributed by atoms with Gasteiger partial charge in [-0.25, -0.2) is 0 Å². The van der Waals surface area contributed by atoms with Crippen LogP contribution in [0.2, 0.25) is 0 Å². The SMILES string of the molecule is COCC(C)COC.Cc1cccc(C)c1C. The second-order valence-electron chi connectivity index (χ2n) is 4.53. The first-order valence-electron chi connectivity index (χ1n) is 6.03. The van der Waals surface area contributed by atoms with Crippen LogP contribution in [0, 0.1) is 26.7 Å². The number of rotatable bonds is 4. The van der Waals surface area contributed by atoms with Crippen LogP contribution in [-0.2, 0) is 9.47 Å². The highest BCUT2D eigenvalue weighted by atomic mass is 16.5. The Morgan fingerprint density at radius 2 is 1.35 bits per heavy atom. The zero-order valence-electron chi connectivity index (χ0n) is 12.0. The third kappa shape index (κ3) is 7.14. The van der Waals surface area contributed by atoms with E-state index in [-0.39, 0.29) is 0 Å². The summed E-state index contributed by atoms with van der Waals surface area (Å²) in [4.78, 5) is 0. The van der Waals surface area contributed by atoms with Crippen LogP contribution in [0.5, 0.6) is 0 Å². The maximum absolute atomic E-state index is 4.88. The molecule has 0 aliphatic carbocycles. The fourth-order valence-corrected chi connectivity index (χ4v) is 1.51. The molecule has 0 aromatic heterocycles. The summed E-state index contributed by atoms with van der Waals surface area (Å²) in [6, 6.07) is 6.38. The van der Waals surface area contributed by atoms with Gasteiger partial charge in [-0.1, -0.05) is 25.1 Å². The van der Waals surface area contributed by atoms with Crippen LogP contribution in [0.25, 0.3) is 0 Å². The van der Waals surface area contributed by atoms with E-state index in [4.69, 9.17) is 9.47 Å². The minimum absolute atomic E-state index is 0.519. The van der Waals surface area contributed by atoms with Gasteiger partial charge in [0.2, 0.25) is 0 Å². The zero-order valence-corrected chi connectivity index (χ0v) is 12.0. The van der Waals surface area contributed by atoms with Crippen LogP contribution in [0.15, 0.2) is 18.2 Å². The number of ether oxygens (including phenoxy) is 2. The molecule has 0 atom stereocenters. The summed E-state index contributed by atoms with van der Waals surface area (Å²) in [7, 11) is 3.40. The van der Waals surface area contributed by atoms with Crippen molar-refractivity contribution in [2.75, 3.05) is 27.4 Å². The lowest BCUT2D eigenvalue weighted by Crippen LogP contribution is -2.09. The molecule has 0 amide bonds. The predicted molar refractivity (Wildman–Crippen MR) is 73.6 cm³/mol. The Hall–Kier alpha value is -0.860. The molecule has 1 aromatic rings. The molecule has 0 saturated heterocycles. The fourth-order valence-electron chi connectivity index (χ4n) is 1.51. The van der Waals surface area contributed by atoms with Gasteiger partial charge >= 0.3 is 0 Å². The Balaban J connectivity index is 0.000000304. The highest BCUT2D eigenvalue weighted by molar-refractivity contribution is 5.31. The molecule has 2 nitrogen and oxygen atoms in total. The summed E-state index contributed by atoms with van der Waals surface area (Å²) < 4.78 is 9.75. The Bertz CT molecular complexity index is 282. The van der Waals surface area contributed by atoms with Crippen molar-refractivity contribution in [3.8, 4) is 0 Å². The quantitative estimate of drug-likeness (QED) is 0.799. The first kappa shape index (κ1) is 16.1. The van der Waals surface area contributed by atoms with Crippen LogP contribution in [0.3, 0.4) is 0 Å². The first-order valence-corrected chi connectivity index (χ1v) is 6.03. The number of benzene rings is 1. The van der Waals surface area contributed by atoms with E-state index in [1.165, 1.54) is 16.7 Å². The normalized spacial score (nSPS) is 10.1. The first-order chi connectivity index (χ1) is 8.02. The molecule has 0 fully saturated rings. The van der Waals surface area contributed by atoms with E-state index in [9.17, 15) is 0 Å². The van der Waals surface area contributed by atoms with Crippen molar-refractivity contribution in [1.82, 2.24) is 0 Å². The topological polar surface area (TPSA) is 18.5 Å². The third-order valence-electron chi connectivity index (χ3n) is 2.78. The van der Waals surface area contributed by atoms with E-state index in [1.807, 2.05) is 0 Å². The Labute approximate surface area is 106 Å². The van der Waals surface area contributed by atoms with Gasteiger partial charge in [-0.05, 0) is 37.5 Å². The second kappa shape index (κ2) is 9.20. The average molecular weight is 238 g/mol. The van der Waals surface area contributed by atoms with Crippen molar-refractivity contribution >= 4 is 0 Å². The third-order valence-corrected chi connectivity index (χ3v) is 2.78. The molecule has 17 heavy (non-hydrogen) atoms. The number of hydrogen-bond acceptors (Lipinski definition) is 2. The smallest absolute Gasteiger partial charge is 0.0509 e. The van der Waals surface area contributed by atoms with Gasteiger partial charge in [-0.2, -0.15) is 0 Å². The molecule has 0 spiro atoms. The van der Waals surface area contributed by atoms with E-state index in [0.29, 0.717) is 5.92 Å².